The van der Waals surface area contributed by atoms with E-state index in [9.17, 15) is 4.79 Å². The first kappa shape index (κ1) is 25.0. The van der Waals surface area contributed by atoms with Crippen molar-refractivity contribution in [2.45, 2.75) is 37.0 Å². The molecule has 1 N–H and O–H groups in total. The molecule has 2 aliphatic rings. The number of hydrogen-bond donors (Lipinski definition) is 1. The van der Waals surface area contributed by atoms with E-state index in [0.717, 1.165) is 63.6 Å². The van der Waals surface area contributed by atoms with Gasteiger partial charge in [0, 0.05) is 34.9 Å². The summed E-state index contributed by atoms with van der Waals surface area (Å²) in [5.74, 6) is 1.70. The van der Waals surface area contributed by atoms with Gasteiger partial charge in [0.2, 0.25) is 0 Å². The average Bonchev–Trinajstić information content (AvgIpc) is 3.33. The molecule has 8 heteroatoms. The minimum absolute atomic E-state index is 0.0139. The fourth-order valence-corrected chi connectivity index (χ4v) is 5.66. The van der Waals surface area contributed by atoms with Gasteiger partial charge in [-0.15, -0.1) is 11.8 Å². The monoisotopic (exact) mass is 529 g/mol. The van der Waals surface area contributed by atoms with E-state index in [-0.39, 0.29) is 12.2 Å². The molecule has 0 aliphatic carbocycles. The van der Waals surface area contributed by atoms with Gasteiger partial charge in [-0.05, 0) is 78.9 Å². The van der Waals surface area contributed by atoms with E-state index in [1.165, 1.54) is 6.42 Å². The second-order valence-corrected chi connectivity index (χ2v) is 10.7. The molecule has 1 aromatic heterocycles. The van der Waals surface area contributed by atoms with Crippen LogP contribution in [-0.4, -0.2) is 59.2 Å². The maximum absolute atomic E-state index is 13.4. The molecule has 6 rings (SSSR count). The first-order chi connectivity index (χ1) is 18.7. The Bertz CT molecular complexity index is 1400. The van der Waals surface area contributed by atoms with Crippen LogP contribution in [0, 0.1) is 0 Å². The van der Waals surface area contributed by atoms with Crippen molar-refractivity contribution >= 4 is 28.7 Å². The fourth-order valence-electron chi connectivity index (χ4n) is 4.92. The molecule has 2 aliphatic heterocycles. The molecule has 4 aromatic rings. The number of amides is 1. The van der Waals surface area contributed by atoms with Crippen molar-refractivity contribution in [2.24, 2.45) is 0 Å². The Labute approximate surface area is 226 Å². The number of aromatic amines is 1. The van der Waals surface area contributed by atoms with E-state index in [1.807, 2.05) is 41.3 Å². The van der Waals surface area contributed by atoms with Crippen molar-refractivity contribution in [3.05, 3.63) is 78.1 Å². The van der Waals surface area contributed by atoms with E-state index < -0.39 is 0 Å². The molecule has 0 bridgehead atoms. The number of hydrogen-bond acceptors (Lipinski definition) is 6. The van der Waals surface area contributed by atoms with Gasteiger partial charge < -0.3 is 24.1 Å². The SMILES string of the molecule is O=C(c1ccc(SCCOC2CCCCO2)cc1)N1CCOc2ccc(-c3ccc4nc[nH]c4c3)cc2C1. The van der Waals surface area contributed by atoms with E-state index in [1.54, 1.807) is 18.1 Å². The summed E-state index contributed by atoms with van der Waals surface area (Å²) >= 11 is 1.73. The maximum Gasteiger partial charge on any atom is 0.254 e. The van der Waals surface area contributed by atoms with Gasteiger partial charge in [-0.2, -0.15) is 0 Å². The van der Waals surface area contributed by atoms with Gasteiger partial charge in [0.15, 0.2) is 6.29 Å². The number of rotatable bonds is 7. The molecule has 38 heavy (non-hydrogen) atoms. The number of thioether (sulfide) groups is 1. The van der Waals surface area contributed by atoms with Gasteiger partial charge in [0.1, 0.15) is 12.4 Å². The summed E-state index contributed by atoms with van der Waals surface area (Å²) < 4.78 is 17.4. The summed E-state index contributed by atoms with van der Waals surface area (Å²) in [5.41, 5.74) is 5.81. The van der Waals surface area contributed by atoms with Gasteiger partial charge in [-0.1, -0.05) is 12.1 Å². The number of benzene rings is 3. The maximum atomic E-state index is 13.4. The number of ether oxygens (including phenoxy) is 3. The predicted molar refractivity (Wildman–Crippen MR) is 148 cm³/mol. The number of fused-ring (bicyclic) bond motifs is 2. The zero-order valence-corrected chi connectivity index (χ0v) is 22.0. The molecule has 1 amide bonds. The summed E-state index contributed by atoms with van der Waals surface area (Å²) in [6, 6.07) is 20.2. The number of nitrogens with one attached hydrogen (secondary N) is 1. The van der Waals surface area contributed by atoms with Crippen LogP contribution in [0.25, 0.3) is 22.2 Å². The summed E-state index contributed by atoms with van der Waals surface area (Å²) in [6.45, 7) is 2.97. The summed E-state index contributed by atoms with van der Waals surface area (Å²) in [6.07, 6.45) is 4.93. The van der Waals surface area contributed by atoms with Crippen LogP contribution in [-0.2, 0) is 16.0 Å². The van der Waals surface area contributed by atoms with Gasteiger partial charge in [-0.3, -0.25) is 4.79 Å². The lowest BCUT2D eigenvalue weighted by Crippen LogP contribution is -2.32. The number of imidazole rings is 1. The lowest BCUT2D eigenvalue weighted by atomic mass is 10.0. The highest BCUT2D eigenvalue weighted by Gasteiger charge is 2.22. The van der Waals surface area contributed by atoms with Crippen molar-refractivity contribution < 1.29 is 19.0 Å². The average molecular weight is 530 g/mol. The molecule has 3 aromatic carbocycles. The van der Waals surface area contributed by atoms with Gasteiger partial charge >= 0.3 is 0 Å². The first-order valence-corrected chi connectivity index (χ1v) is 14.2. The molecule has 196 valence electrons. The van der Waals surface area contributed by atoms with Crippen LogP contribution in [0.5, 0.6) is 5.75 Å². The van der Waals surface area contributed by atoms with E-state index in [4.69, 9.17) is 14.2 Å². The largest absolute Gasteiger partial charge is 0.491 e. The van der Waals surface area contributed by atoms with Crippen LogP contribution < -0.4 is 4.74 Å². The van der Waals surface area contributed by atoms with Crippen LogP contribution in [0.3, 0.4) is 0 Å². The smallest absolute Gasteiger partial charge is 0.254 e. The Hall–Kier alpha value is -3.33. The number of nitrogens with zero attached hydrogens (tertiary/aromatic N) is 2. The lowest BCUT2D eigenvalue weighted by molar-refractivity contribution is -0.158. The van der Waals surface area contributed by atoms with E-state index in [2.05, 4.69) is 34.2 Å². The van der Waals surface area contributed by atoms with Gasteiger partial charge in [-0.25, -0.2) is 4.98 Å². The van der Waals surface area contributed by atoms with Crippen molar-refractivity contribution in [1.82, 2.24) is 14.9 Å². The molecule has 1 fully saturated rings. The highest BCUT2D eigenvalue weighted by atomic mass is 32.2. The van der Waals surface area contributed by atoms with Crippen molar-refractivity contribution in [1.29, 1.82) is 0 Å². The van der Waals surface area contributed by atoms with Crippen LogP contribution in [0.15, 0.2) is 71.9 Å². The zero-order chi connectivity index (χ0) is 25.7. The standard InChI is InChI=1S/C30H31N3O4S/c34-30(21-4-8-25(9-5-21)38-16-15-37-29-3-1-2-13-36-29)33-12-14-35-28-11-7-22(17-24(28)19-33)23-6-10-26-27(18-23)32-20-31-26/h4-11,17-18,20,29H,1-3,12-16,19H2,(H,31,32). The Morgan fingerprint density at radius 3 is 2.79 bits per heavy atom. The zero-order valence-electron chi connectivity index (χ0n) is 21.2. The van der Waals surface area contributed by atoms with E-state index >= 15 is 0 Å². The van der Waals surface area contributed by atoms with Crippen LogP contribution in [0.2, 0.25) is 0 Å². The minimum Gasteiger partial charge on any atom is -0.491 e. The van der Waals surface area contributed by atoms with Crippen molar-refractivity contribution in [3.8, 4) is 16.9 Å². The Balaban J connectivity index is 1.09. The number of carbonyl (C=O) groups excluding carboxylic acids is 1. The quantitative estimate of drug-likeness (QED) is 0.237. The molecule has 7 nitrogen and oxygen atoms in total. The third-order valence-corrected chi connectivity index (χ3v) is 7.95. The lowest BCUT2D eigenvalue weighted by Gasteiger charge is -2.22. The Morgan fingerprint density at radius 2 is 1.92 bits per heavy atom. The third kappa shape index (κ3) is 5.72. The molecule has 0 spiro atoms. The third-order valence-electron chi connectivity index (χ3n) is 6.98. The molecular weight excluding hydrogens is 498 g/mol. The summed E-state index contributed by atoms with van der Waals surface area (Å²) in [5, 5.41) is 0. The van der Waals surface area contributed by atoms with Crippen molar-refractivity contribution in [3.63, 3.8) is 0 Å². The minimum atomic E-state index is -0.0526. The predicted octanol–water partition coefficient (Wildman–Crippen LogP) is 5.90. The first-order valence-electron chi connectivity index (χ1n) is 13.2. The molecule has 1 saturated heterocycles. The summed E-state index contributed by atoms with van der Waals surface area (Å²) in [7, 11) is 0. The van der Waals surface area contributed by atoms with Gasteiger partial charge in [0.05, 0.1) is 30.5 Å². The normalized spacial score (nSPS) is 17.6. The Morgan fingerprint density at radius 1 is 1.05 bits per heavy atom. The van der Waals surface area contributed by atoms with Gasteiger partial charge in [0.25, 0.3) is 5.91 Å². The second-order valence-electron chi connectivity index (χ2n) is 9.57. The summed E-state index contributed by atoms with van der Waals surface area (Å²) in [4.78, 5) is 23.9. The van der Waals surface area contributed by atoms with Crippen LogP contribution in [0.4, 0.5) is 0 Å². The number of H-pyrrole nitrogens is 1. The molecule has 1 atom stereocenters. The van der Waals surface area contributed by atoms with Crippen LogP contribution in [0.1, 0.15) is 35.2 Å². The van der Waals surface area contributed by atoms with Crippen molar-refractivity contribution in [2.75, 3.05) is 32.1 Å². The molecular formula is C30H31N3O4S. The number of carbonyl (C=O) groups is 1. The van der Waals surface area contributed by atoms with E-state index in [0.29, 0.717) is 31.9 Å². The fraction of sp³-hybridized carbons (Fsp3) is 0.333. The molecule has 0 saturated carbocycles. The second kappa shape index (κ2) is 11.6. The molecule has 1 unspecified atom stereocenters. The highest BCUT2D eigenvalue weighted by molar-refractivity contribution is 7.99. The van der Waals surface area contributed by atoms with Crippen LogP contribution >= 0.6 is 11.8 Å². The molecule has 3 heterocycles. The topological polar surface area (TPSA) is 76.7 Å². The number of aromatic nitrogens is 2. The molecule has 0 radical (unpaired) electrons. The highest BCUT2D eigenvalue weighted by Crippen LogP contribution is 2.31. The Kier molecular flexibility index (Phi) is 7.62.